The Hall–Kier alpha value is -1.66. The van der Waals surface area contributed by atoms with E-state index in [-0.39, 0.29) is 6.42 Å². The SMILES string of the molecule is COC1(CC(=O)O)C=CC(O)(CC(=O)O)C(C)=C1C. The molecule has 1 aliphatic carbocycles. The lowest BCUT2D eigenvalue weighted by Gasteiger charge is -2.39. The zero-order valence-electron chi connectivity index (χ0n) is 11.1. The van der Waals surface area contributed by atoms with E-state index in [4.69, 9.17) is 14.9 Å². The second-order valence-corrected chi connectivity index (χ2v) is 4.74. The molecule has 1 aliphatic rings. The molecule has 0 aromatic heterocycles. The highest BCUT2D eigenvalue weighted by Gasteiger charge is 2.43. The van der Waals surface area contributed by atoms with Crippen LogP contribution in [0.5, 0.6) is 0 Å². The molecule has 0 saturated heterocycles. The predicted molar refractivity (Wildman–Crippen MR) is 66.7 cm³/mol. The summed E-state index contributed by atoms with van der Waals surface area (Å²) in [5.74, 6) is -2.18. The number of aliphatic hydroxyl groups is 1. The van der Waals surface area contributed by atoms with Gasteiger partial charge in [0, 0.05) is 7.11 Å². The monoisotopic (exact) mass is 270 g/mol. The number of carboxylic acid groups (broad SMARTS) is 2. The average molecular weight is 270 g/mol. The fourth-order valence-electron chi connectivity index (χ4n) is 2.30. The van der Waals surface area contributed by atoms with E-state index in [0.29, 0.717) is 11.1 Å². The van der Waals surface area contributed by atoms with Crippen LogP contribution < -0.4 is 0 Å². The van der Waals surface area contributed by atoms with Gasteiger partial charge in [-0.2, -0.15) is 0 Å². The number of methoxy groups -OCH3 is 1. The number of aliphatic carboxylic acids is 2. The van der Waals surface area contributed by atoms with Gasteiger partial charge in [-0.1, -0.05) is 0 Å². The van der Waals surface area contributed by atoms with Gasteiger partial charge in [-0.3, -0.25) is 9.59 Å². The molecule has 0 aromatic rings. The zero-order valence-corrected chi connectivity index (χ0v) is 11.1. The highest BCUT2D eigenvalue weighted by atomic mass is 16.5. The van der Waals surface area contributed by atoms with E-state index in [0.717, 1.165) is 0 Å². The minimum atomic E-state index is -1.60. The van der Waals surface area contributed by atoms with E-state index in [9.17, 15) is 14.7 Å². The minimum absolute atomic E-state index is 0.285. The highest BCUT2D eigenvalue weighted by molar-refractivity contribution is 5.72. The summed E-state index contributed by atoms with van der Waals surface area (Å²) in [4.78, 5) is 21.7. The molecule has 0 saturated carbocycles. The van der Waals surface area contributed by atoms with Crippen LogP contribution >= 0.6 is 0 Å². The van der Waals surface area contributed by atoms with Gasteiger partial charge < -0.3 is 20.1 Å². The highest BCUT2D eigenvalue weighted by Crippen LogP contribution is 2.39. The van der Waals surface area contributed by atoms with Crippen molar-refractivity contribution >= 4 is 11.9 Å². The summed E-state index contributed by atoms with van der Waals surface area (Å²) in [6.45, 7) is 3.22. The Kier molecular flexibility index (Phi) is 4.17. The number of carbonyl (C=O) groups is 2. The Bertz CT molecular complexity index is 464. The summed E-state index contributed by atoms with van der Waals surface area (Å²) in [7, 11) is 1.38. The van der Waals surface area contributed by atoms with Crippen molar-refractivity contribution in [2.24, 2.45) is 0 Å². The van der Waals surface area contributed by atoms with Crippen LogP contribution in [0.3, 0.4) is 0 Å². The Morgan fingerprint density at radius 1 is 1.11 bits per heavy atom. The maximum Gasteiger partial charge on any atom is 0.306 e. The number of hydrogen-bond acceptors (Lipinski definition) is 4. The molecule has 6 heteroatoms. The van der Waals surface area contributed by atoms with Crippen molar-refractivity contribution in [3.63, 3.8) is 0 Å². The van der Waals surface area contributed by atoms with E-state index in [1.165, 1.54) is 19.3 Å². The zero-order chi connectivity index (χ0) is 14.8. The lowest BCUT2D eigenvalue weighted by molar-refractivity contribution is -0.142. The Morgan fingerprint density at radius 3 is 2.05 bits per heavy atom. The number of hydrogen-bond donors (Lipinski definition) is 3. The molecule has 0 bridgehead atoms. The van der Waals surface area contributed by atoms with Gasteiger partial charge in [0.2, 0.25) is 0 Å². The van der Waals surface area contributed by atoms with Crippen LogP contribution in [0.15, 0.2) is 23.3 Å². The van der Waals surface area contributed by atoms with Crippen molar-refractivity contribution in [1.82, 2.24) is 0 Å². The van der Waals surface area contributed by atoms with Crippen molar-refractivity contribution in [3.8, 4) is 0 Å². The first-order chi connectivity index (χ1) is 8.67. The summed E-state index contributed by atoms with van der Waals surface area (Å²) < 4.78 is 5.29. The molecule has 6 nitrogen and oxygen atoms in total. The van der Waals surface area contributed by atoms with E-state index >= 15 is 0 Å². The molecule has 2 atom stereocenters. The van der Waals surface area contributed by atoms with Crippen LogP contribution in [0.4, 0.5) is 0 Å². The molecule has 0 aromatic carbocycles. The Labute approximate surface area is 111 Å². The third kappa shape index (κ3) is 2.85. The lowest BCUT2D eigenvalue weighted by Crippen LogP contribution is -2.43. The first-order valence-corrected chi connectivity index (χ1v) is 5.77. The van der Waals surface area contributed by atoms with Gasteiger partial charge in [-0.15, -0.1) is 0 Å². The van der Waals surface area contributed by atoms with Gasteiger partial charge in [-0.05, 0) is 37.1 Å². The first-order valence-electron chi connectivity index (χ1n) is 5.77. The van der Waals surface area contributed by atoms with Gasteiger partial charge in [0.15, 0.2) is 0 Å². The molecule has 0 heterocycles. The summed E-state index contributed by atoms with van der Waals surface area (Å²) >= 11 is 0. The van der Waals surface area contributed by atoms with Crippen molar-refractivity contribution in [2.45, 2.75) is 37.9 Å². The lowest BCUT2D eigenvalue weighted by atomic mass is 9.75. The van der Waals surface area contributed by atoms with Gasteiger partial charge >= 0.3 is 11.9 Å². The maximum atomic E-state index is 10.9. The van der Waals surface area contributed by atoms with Crippen molar-refractivity contribution in [3.05, 3.63) is 23.3 Å². The Morgan fingerprint density at radius 2 is 1.63 bits per heavy atom. The maximum absolute atomic E-state index is 10.9. The topological polar surface area (TPSA) is 104 Å². The second-order valence-electron chi connectivity index (χ2n) is 4.74. The fourth-order valence-corrected chi connectivity index (χ4v) is 2.30. The van der Waals surface area contributed by atoms with E-state index in [2.05, 4.69) is 0 Å². The summed E-state index contributed by atoms with van der Waals surface area (Å²) in [6.07, 6.45) is 1.97. The molecule has 0 amide bonds. The average Bonchev–Trinajstić information content (AvgIpc) is 2.30. The summed E-state index contributed by atoms with van der Waals surface area (Å²) in [5, 5.41) is 28.1. The molecule has 2 unspecified atom stereocenters. The van der Waals surface area contributed by atoms with Gasteiger partial charge in [-0.25, -0.2) is 0 Å². The Balaban J connectivity index is 3.23. The van der Waals surface area contributed by atoms with E-state index < -0.39 is 29.6 Å². The third-order valence-electron chi connectivity index (χ3n) is 3.67. The smallest absolute Gasteiger partial charge is 0.306 e. The van der Waals surface area contributed by atoms with Gasteiger partial charge in [0.1, 0.15) is 11.2 Å². The standard InChI is InChI=1S/C13H18O6/c1-8-9(2)13(19-3,7-11(16)17)5-4-12(8,18)6-10(14)15/h4-5,18H,6-7H2,1-3H3,(H,14,15)(H,16,17). The molecule has 0 aliphatic heterocycles. The van der Waals surface area contributed by atoms with Gasteiger partial charge in [0.25, 0.3) is 0 Å². The number of carboxylic acids is 2. The number of ether oxygens (including phenoxy) is 1. The fraction of sp³-hybridized carbons (Fsp3) is 0.538. The normalized spacial score (nSPS) is 30.5. The van der Waals surface area contributed by atoms with Crippen molar-refractivity contribution < 1.29 is 29.6 Å². The van der Waals surface area contributed by atoms with Crippen LogP contribution in [-0.4, -0.2) is 45.6 Å². The molecule has 0 fully saturated rings. The van der Waals surface area contributed by atoms with Crippen LogP contribution in [-0.2, 0) is 14.3 Å². The minimum Gasteiger partial charge on any atom is -0.481 e. The largest absolute Gasteiger partial charge is 0.481 e. The predicted octanol–water partition coefficient (Wildman–Crippen LogP) is 0.958. The summed E-state index contributed by atoms with van der Waals surface area (Å²) in [5.41, 5.74) is -1.82. The molecular weight excluding hydrogens is 252 g/mol. The van der Waals surface area contributed by atoms with E-state index in [1.807, 2.05) is 0 Å². The second kappa shape index (κ2) is 5.14. The van der Waals surface area contributed by atoms with Crippen LogP contribution in [0.1, 0.15) is 26.7 Å². The molecule has 106 valence electrons. The molecule has 3 N–H and O–H groups in total. The molecular formula is C13H18O6. The molecule has 19 heavy (non-hydrogen) atoms. The first kappa shape index (κ1) is 15.4. The van der Waals surface area contributed by atoms with Crippen LogP contribution in [0.25, 0.3) is 0 Å². The quantitative estimate of drug-likeness (QED) is 0.643. The molecule has 0 spiro atoms. The molecule has 1 rings (SSSR count). The van der Waals surface area contributed by atoms with Crippen LogP contribution in [0.2, 0.25) is 0 Å². The van der Waals surface area contributed by atoms with Gasteiger partial charge in [0.05, 0.1) is 12.8 Å². The van der Waals surface area contributed by atoms with Crippen molar-refractivity contribution in [2.75, 3.05) is 7.11 Å². The number of rotatable bonds is 5. The third-order valence-corrected chi connectivity index (χ3v) is 3.67. The van der Waals surface area contributed by atoms with Crippen LogP contribution in [0, 0.1) is 0 Å². The van der Waals surface area contributed by atoms with Crippen molar-refractivity contribution in [1.29, 1.82) is 0 Å². The summed E-state index contributed by atoms with van der Waals surface area (Å²) in [6, 6.07) is 0. The van der Waals surface area contributed by atoms with E-state index in [1.54, 1.807) is 13.8 Å². The molecule has 0 radical (unpaired) electrons.